The molecule has 0 bridgehead atoms. The van der Waals surface area contributed by atoms with E-state index < -0.39 is 0 Å². The summed E-state index contributed by atoms with van der Waals surface area (Å²) in [5.74, 6) is 0. The molecule has 0 fully saturated rings. The van der Waals surface area contributed by atoms with E-state index >= 15 is 0 Å². The molecular formula is C14H26N2S. The summed E-state index contributed by atoms with van der Waals surface area (Å²) in [7, 11) is 0. The average molecular weight is 254 g/mol. The number of hydrogen-bond acceptors (Lipinski definition) is 3. The molecule has 1 aromatic heterocycles. The van der Waals surface area contributed by atoms with Gasteiger partial charge in [0.1, 0.15) is 0 Å². The minimum atomic E-state index is 0.293. The lowest BCUT2D eigenvalue weighted by Gasteiger charge is -2.09. The topological polar surface area (TPSA) is 38.9 Å². The van der Waals surface area contributed by atoms with Crippen molar-refractivity contribution in [3.8, 4) is 0 Å². The first-order chi connectivity index (χ1) is 8.13. The fraction of sp³-hybridized carbons (Fsp3) is 0.786. The highest BCUT2D eigenvalue weighted by molar-refractivity contribution is 7.11. The highest BCUT2D eigenvalue weighted by Crippen LogP contribution is 2.18. The summed E-state index contributed by atoms with van der Waals surface area (Å²) < 4.78 is 0. The van der Waals surface area contributed by atoms with Crippen molar-refractivity contribution in [2.24, 2.45) is 5.73 Å². The Labute approximate surface area is 110 Å². The van der Waals surface area contributed by atoms with Gasteiger partial charge in [-0.15, -0.1) is 11.3 Å². The molecule has 1 unspecified atom stereocenters. The first kappa shape index (κ1) is 14.7. The van der Waals surface area contributed by atoms with Gasteiger partial charge in [0.15, 0.2) is 0 Å². The van der Waals surface area contributed by atoms with Gasteiger partial charge in [0, 0.05) is 17.3 Å². The highest BCUT2D eigenvalue weighted by atomic mass is 32.1. The molecule has 0 spiro atoms. The molecule has 0 aliphatic heterocycles. The van der Waals surface area contributed by atoms with Gasteiger partial charge < -0.3 is 5.73 Å². The molecule has 0 aromatic carbocycles. The molecule has 2 nitrogen and oxygen atoms in total. The van der Waals surface area contributed by atoms with E-state index in [1.165, 1.54) is 47.7 Å². The van der Waals surface area contributed by atoms with Crippen LogP contribution in [0.1, 0.15) is 61.0 Å². The van der Waals surface area contributed by atoms with Crippen LogP contribution in [-0.4, -0.2) is 11.0 Å². The summed E-state index contributed by atoms with van der Waals surface area (Å²) in [6.07, 6.45) is 8.72. The Morgan fingerprint density at radius 2 is 1.88 bits per heavy atom. The summed E-state index contributed by atoms with van der Waals surface area (Å²) in [5.41, 5.74) is 7.31. The Morgan fingerprint density at radius 3 is 2.47 bits per heavy atom. The van der Waals surface area contributed by atoms with Crippen LogP contribution in [0.15, 0.2) is 0 Å². The normalized spacial score (nSPS) is 12.9. The van der Waals surface area contributed by atoms with Crippen molar-refractivity contribution < 1.29 is 0 Å². The van der Waals surface area contributed by atoms with Gasteiger partial charge in [-0.25, -0.2) is 4.98 Å². The van der Waals surface area contributed by atoms with Gasteiger partial charge in [0.05, 0.1) is 10.7 Å². The molecule has 0 aliphatic rings. The van der Waals surface area contributed by atoms with Crippen molar-refractivity contribution in [1.82, 2.24) is 4.98 Å². The lowest BCUT2D eigenvalue weighted by atomic mass is 10.1. The van der Waals surface area contributed by atoms with Crippen LogP contribution in [-0.2, 0) is 6.42 Å². The zero-order chi connectivity index (χ0) is 12.7. The lowest BCUT2D eigenvalue weighted by Crippen LogP contribution is -2.22. The molecule has 17 heavy (non-hydrogen) atoms. The van der Waals surface area contributed by atoms with Gasteiger partial charge in [-0.1, -0.05) is 39.0 Å². The molecular weight excluding hydrogens is 228 g/mol. The molecule has 3 heteroatoms. The fourth-order valence-electron chi connectivity index (χ4n) is 1.96. The Balaban J connectivity index is 2.18. The molecule has 0 amide bonds. The molecule has 1 aromatic rings. The summed E-state index contributed by atoms with van der Waals surface area (Å²) in [5, 5.41) is 1.21. The van der Waals surface area contributed by atoms with Crippen LogP contribution in [0.5, 0.6) is 0 Å². The van der Waals surface area contributed by atoms with E-state index in [0.29, 0.717) is 6.04 Å². The first-order valence-corrected chi connectivity index (χ1v) is 7.63. The fourth-order valence-corrected chi connectivity index (χ4v) is 2.99. The van der Waals surface area contributed by atoms with Crippen molar-refractivity contribution >= 4 is 11.3 Å². The van der Waals surface area contributed by atoms with Gasteiger partial charge in [-0.3, -0.25) is 0 Å². The maximum atomic E-state index is 6.15. The molecule has 0 radical (unpaired) electrons. The van der Waals surface area contributed by atoms with Crippen LogP contribution >= 0.6 is 11.3 Å². The summed E-state index contributed by atoms with van der Waals surface area (Å²) in [4.78, 5) is 5.88. The molecule has 0 aliphatic carbocycles. The van der Waals surface area contributed by atoms with E-state index in [0.717, 1.165) is 12.8 Å². The molecule has 0 saturated carbocycles. The minimum absolute atomic E-state index is 0.293. The van der Waals surface area contributed by atoms with Gasteiger partial charge in [-0.2, -0.15) is 0 Å². The molecule has 1 rings (SSSR count). The van der Waals surface area contributed by atoms with E-state index in [4.69, 9.17) is 5.73 Å². The van der Waals surface area contributed by atoms with Crippen molar-refractivity contribution in [3.63, 3.8) is 0 Å². The Morgan fingerprint density at radius 1 is 1.18 bits per heavy atom. The van der Waals surface area contributed by atoms with E-state index in [2.05, 4.69) is 25.8 Å². The first-order valence-electron chi connectivity index (χ1n) is 6.82. The molecule has 1 heterocycles. The third-order valence-corrected chi connectivity index (χ3v) is 4.28. The zero-order valence-electron chi connectivity index (χ0n) is 11.5. The molecule has 1 atom stereocenters. The highest BCUT2D eigenvalue weighted by Gasteiger charge is 2.08. The average Bonchev–Trinajstić information content (AvgIpc) is 2.57. The zero-order valence-corrected chi connectivity index (χ0v) is 12.3. The number of unbranched alkanes of at least 4 members (excludes halogenated alkanes) is 4. The summed E-state index contributed by atoms with van der Waals surface area (Å²) in [6.45, 7) is 6.46. The second-order valence-electron chi connectivity index (χ2n) is 4.92. The molecule has 2 N–H and O–H groups in total. The van der Waals surface area contributed by atoms with E-state index in [-0.39, 0.29) is 0 Å². The maximum Gasteiger partial charge on any atom is 0.0946 e. The van der Waals surface area contributed by atoms with Crippen molar-refractivity contribution in [2.75, 3.05) is 0 Å². The van der Waals surface area contributed by atoms with E-state index in [1.54, 1.807) is 11.3 Å². The Bertz CT molecular complexity index is 301. The number of thiazole rings is 1. The predicted octanol–water partition coefficient (Wildman–Crippen LogP) is 3.99. The second-order valence-corrected chi connectivity index (χ2v) is 6.20. The maximum absolute atomic E-state index is 6.15. The monoisotopic (exact) mass is 254 g/mol. The number of aromatic nitrogens is 1. The van der Waals surface area contributed by atoms with Crippen LogP contribution in [0.3, 0.4) is 0 Å². The predicted molar refractivity (Wildman–Crippen MR) is 76.6 cm³/mol. The number of aryl methyl sites for hydroxylation is 2. The Kier molecular flexibility index (Phi) is 6.75. The third kappa shape index (κ3) is 5.64. The van der Waals surface area contributed by atoms with E-state index in [1.807, 2.05) is 0 Å². The van der Waals surface area contributed by atoms with Crippen molar-refractivity contribution in [1.29, 1.82) is 0 Å². The summed E-state index contributed by atoms with van der Waals surface area (Å²) >= 11 is 1.80. The molecule has 98 valence electrons. The van der Waals surface area contributed by atoms with Crippen molar-refractivity contribution in [2.45, 2.75) is 71.8 Å². The Hall–Kier alpha value is -0.410. The SMILES string of the molecule is CCCCCCCC(N)Cc1nc(C)c(C)s1. The largest absolute Gasteiger partial charge is 0.327 e. The van der Waals surface area contributed by atoms with Gasteiger partial charge in [0.2, 0.25) is 0 Å². The quantitative estimate of drug-likeness (QED) is 0.712. The number of hydrogen-bond donors (Lipinski definition) is 1. The standard InChI is InChI=1S/C14H26N2S/c1-4-5-6-7-8-9-13(15)10-14-16-11(2)12(3)17-14/h13H,4-10,15H2,1-3H3. The number of nitrogens with two attached hydrogens (primary N) is 1. The van der Waals surface area contributed by atoms with Crippen LogP contribution in [0, 0.1) is 13.8 Å². The van der Waals surface area contributed by atoms with Crippen molar-refractivity contribution in [3.05, 3.63) is 15.6 Å². The van der Waals surface area contributed by atoms with Crippen LogP contribution < -0.4 is 5.73 Å². The van der Waals surface area contributed by atoms with Crippen LogP contribution in [0.2, 0.25) is 0 Å². The lowest BCUT2D eigenvalue weighted by molar-refractivity contribution is 0.537. The second kappa shape index (κ2) is 7.83. The molecule has 0 saturated heterocycles. The third-order valence-electron chi connectivity index (χ3n) is 3.19. The number of rotatable bonds is 8. The van der Waals surface area contributed by atoms with Gasteiger partial charge in [-0.05, 0) is 20.3 Å². The van der Waals surface area contributed by atoms with Crippen LogP contribution in [0.4, 0.5) is 0 Å². The smallest absolute Gasteiger partial charge is 0.0946 e. The van der Waals surface area contributed by atoms with Crippen LogP contribution in [0.25, 0.3) is 0 Å². The minimum Gasteiger partial charge on any atom is -0.327 e. The van der Waals surface area contributed by atoms with E-state index in [9.17, 15) is 0 Å². The summed E-state index contributed by atoms with van der Waals surface area (Å²) in [6, 6.07) is 0.293. The van der Waals surface area contributed by atoms with Gasteiger partial charge in [0.25, 0.3) is 0 Å². The number of nitrogens with zero attached hydrogens (tertiary/aromatic N) is 1. The van der Waals surface area contributed by atoms with Gasteiger partial charge >= 0.3 is 0 Å².